The molecule has 2 rings (SSSR count). The number of nitro benzene ring substituents is 1. The summed E-state index contributed by atoms with van der Waals surface area (Å²) in [6, 6.07) is 6.19. The number of carbonyl (C=O) groups excluding carboxylic acids is 1. The predicted octanol–water partition coefficient (Wildman–Crippen LogP) is 5.01. The summed E-state index contributed by atoms with van der Waals surface area (Å²) in [5.41, 5.74) is 1.67. The van der Waals surface area contributed by atoms with Crippen LogP contribution in [0.15, 0.2) is 34.5 Å². The summed E-state index contributed by atoms with van der Waals surface area (Å²) >= 11 is 6.14. The van der Waals surface area contributed by atoms with E-state index in [1.165, 1.54) is 20.1 Å². The summed E-state index contributed by atoms with van der Waals surface area (Å²) in [6.07, 6.45) is 0. The summed E-state index contributed by atoms with van der Waals surface area (Å²) in [6.45, 7) is 3.06. The van der Waals surface area contributed by atoms with Crippen LogP contribution >= 0.6 is 11.6 Å². The van der Waals surface area contributed by atoms with Crippen LogP contribution in [0.3, 0.4) is 0 Å². The SMILES string of the molecule is COc1cc(N=Nc2c(Cl)cc(C)cc2[N+](=O)[O-])c(NC(C)=O)cc1N(C)C. The van der Waals surface area contributed by atoms with Crippen molar-refractivity contribution in [3.63, 3.8) is 0 Å². The molecule has 2 aromatic carbocycles. The van der Waals surface area contributed by atoms with Crippen molar-refractivity contribution in [1.29, 1.82) is 0 Å². The van der Waals surface area contributed by atoms with Crippen LogP contribution < -0.4 is 15.0 Å². The van der Waals surface area contributed by atoms with Crippen molar-refractivity contribution >= 4 is 45.9 Å². The molecular weight excluding hydrogens is 386 g/mol. The lowest BCUT2D eigenvalue weighted by atomic mass is 10.2. The van der Waals surface area contributed by atoms with Gasteiger partial charge in [-0.2, -0.15) is 0 Å². The van der Waals surface area contributed by atoms with Crippen molar-refractivity contribution < 1.29 is 14.5 Å². The van der Waals surface area contributed by atoms with Crippen LogP contribution in [0.2, 0.25) is 5.02 Å². The van der Waals surface area contributed by atoms with Gasteiger partial charge in [-0.05, 0) is 24.6 Å². The number of amides is 1. The monoisotopic (exact) mass is 405 g/mol. The second-order valence-corrected chi connectivity index (χ2v) is 6.60. The molecular formula is C18H20ClN5O4. The maximum atomic E-state index is 11.6. The Bertz CT molecular complexity index is 959. The number of benzene rings is 2. The van der Waals surface area contributed by atoms with Crippen LogP contribution in [-0.4, -0.2) is 32.0 Å². The molecule has 9 nitrogen and oxygen atoms in total. The van der Waals surface area contributed by atoms with Gasteiger partial charge < -0.3 is 15.0 Å². The fourth-order valence-electron chi connectivity index (χ4n) is 2.50. The van der Waals surface area contributed by atoms with Crippen molar-refractivity contribution in [2.75, 3.05) is 31.4 Å². The number of aryl methyl sites for hydroxylation is 1. The predicted molar refractivity (Wildman–Crippen MR) is 109 cm³/mol. The van der Waals surface area contributed by atoms with Crippen LogP contribution in [0, 0.1) is 17.0 Å². The van der Waals surface area contributed by atoms with Crippen molar-refractivity contribution in [3.05, 3.63) is 45.0 Å². The maximum absolute atomic E-state index is 11.6. The molecule has 0 unspecified atom stereocenters. The summed E-state index contributed by atoms with van der Waals surface area (Å²) < 4.78 is 5.37. The maximum Gasteiger partial charge on any atom is 0.298 e. The van der Waals surface area contributed by atoms with Crippen LogP contribution in [-0.2, 0) is 4.79 Å². The van der Waals surface area contributed by atoms with Gasteiger partial charge >= 0.3 is 0 Å². The van der Waals surface area contributed by atoms with E-state index >= 15 is 0 Å². The van der Waals surface area contributed by atoms with Crippen molar-refractivity contribution in [1.82, 2.24) is 0 Å². The second kappa shape index (κ2) is 8.66. The normalized spacial score (nSPS) is 10.8. The van der Waals surface area contributed by atoms with Gasteiger partial charge in [-0.1, -0.05) is 11.6 Å². The minimum atomic E-state index is -0.572. The van der Waals surface area contributed by atoms with Crippen molar-refractivity contribution in [2.24, 2.45) is 10.2 Å². The third kappa shape index (κ3) is 4.74. The molecule has 0 aromatic heterocycles. The molecule has 148 valence electrons. The number of methoxy groups -OCH3 is 1. The number of nitro groups is 1. The first-order valence-corrected chi connectivity index (χ1v) is 8.55. The Labute approximate surface area is 167 Å². The molecule has 1 amide bonds. The average molecular weight is 406 g/mol. The van der Waals surface area contributed by atoms with E-state index in [0.29, 0.717) is 22.7 Å². The third-order valence-electron chi connectivity index (χ3n) is 3.73. The molecule has 0 fully saturated rings. The number of ether oxygens (including phenoxy) is 1. The zero-order valence-electron chi connectivity index (χ0n) is 16.1. The van der Waals surface area contributed by atoms with Crippen LogP contribution in [0.25, 0.3) is 0 Å². The number of hydrogen-bond acceptors (Lipinski definition) is 7. The number of nitrogens with zero attached hydrogens (tertiary/aromatic N) is 4. The Morgan fingerprint density at radius 2 is 1.93 bits per heavy atom. The third-order valence-corrected chi connectivity index (χ3v) is 4.02. The molecule has 0 saturated carbocycles. The fourth-order valence-corrected chi connectivity index (χ4v) is 2.81. The van der Waals surface area contributed by atoms with Gasteiger partial charge in [-0.15, -0.1) is 10.2 Å². The second-order valence-electron chi connectivity index (χ2n) is 6.19. The Morgan fingerprint density at radius 3 is 2.46 bits per heavy atom. The Kier molecular flexibility index (Phi) is 6.53. The molecule has 0 spiro atoms. The lowest BCUT2D eigenvalue weighted by Crippen LogP contribution is -2.12. The Hall–Kier alpha value is -3.20. The average Bonchev–Trinajstić information content (AvgIpc) is 2.60. The quantitative estimate of drug-likeness (QED) is 0.413. The Balaban J connectivity index is 2.62. The van der Waals surface area contributed by atoms with E-state index in [1.54, 1.807) is 25.1 Å². The molecule has 0 saturated heterocycles. The zero-order chi connectivity index (χ0) is 21.0. The smallest absolute Gasteiger partial charge is 0.298 e. The number of rotatable bonds is 6. The molecule has 1 N–H and O–H groups in total. The summed E-state index contributed by atoms with van der Waals surface area (Å²) in [5.74, 6) is 0.197. The van der Waals surface area contributed by atoms with Crippen LogP contribution in [0.5, 0.6) is 5.75 Å². The minimum Gasteiger partial charge on any atom is -0.494 e. The first-order chi connectivity index (χ1) is 13.1. The molecule has 0 bridgehead atoms. The first kappa shape index (κ1) is 21.1. The zero-order valence-corrected chi connectivity index (χ0v) is 16.9. The molecule has 0 aliphatic rings. The highest BCUT2D eigenvalue weighted by atomic mass is 35.5. The molecule has 2 aromatic rings. The van der Waals surface area contributed by atoms with Gasteiger partial charge in [0, 0.05) is 33.2 Å². The number of hydrogen-bond donors (Lipinski definition) is 1. The Morgan fingerprint density at radius 1 is 1.25 bits per heavy atom. The number of azo groups is 1. The fraction of sp³-hybridized carbons (Fsp3) is 0.278. The van der Waals surface area contributed by atoms with Crippen molar-refractivity contribution in [2.45, 2.75) is 13.8 Å². The number of nitrogens with one attached hydrogen (secondary N) is 1. The van der Waals surface area contributed by atoms with E-state index in [4.69, 9.17) is 16.3 Å². The summed E-state index contributed by atoms with van der Waals surface area (Å²) in [4.78, 5) is 24.1. The molecule has 0 aliphatic carbocycles. The molecule has 0 aliphatic heterocycles. The van der Waals surface area contributed by atoms with Gasteiger partial charge in [0.05, 0.1) is 28.4 Å². The van der Waals surface area contributed by atoms with Crippen LogP contribution in [0.1, 0.15) is 12.5 Å². The van der Waals surface area contributed by atoms with Gasteiger partial charge in [-0.3, -0.25) is 14.9 Å². The van der Waals surface area contributed by atoms with E-state index in [9.17, 15) is 14.9 Å². The molecule has 0 heterocycles. The van der Waals surface area contributed by atoms with E-state index in [2.05, 4.69) is 15.5 Å². The highest BCUT2D eigenvalue weighted by Gasteiger charge is 2.19. The minimum absolute atomic E-state index is 0.0679. The van der Waals surface area contributed by atoms with E-state index in [-0.39, 0.29) is 28.0 Å². The largest absolute Gasteiger partial charge is 0.494 e. The van der Waals surface area contributed by atoms with Gasteiger partial charge in [0.15, 0.2) is 5.69 Å². The van der Waals surface area contributed by atoms with E-state index in [1.807, 2.05) is 19.0 Å². The molecule has 0 atom stereocenters. The standard InChI is InChI=1S/C18H20ClN5O4/c1-10-6-12(19)18(16(7-10)24(26)27)22-21-14-9-17(28-5)15(23(3)4)8-13(14)20-11(2)25/h6-9H,1-5H3,(H,20,25). The number of halogens is 1. The summed E-state index contributed by atoms with van der Waals surface area (Å²) in [7, 11) is 5.15. The topological polar surface area (TPSA) is 109 Å². The lowest BCUT2D eigenvalue weighted by molar-refractivity contribution is -0.384. The first-order valence-electron chi connectivity index (χ1n) is 8.17. The summed E-state index contributed by atoms with van der Waals surface area (Å²) in [5, 5.41) is 22.2. The highest BCUT2D eigenvalue weighted by Crippen LogP contribution is 2.41. The molecule has 28 heavy (non-hydrogen) atoms. The van der Waals surface area contributed by atoms with Gasteiger partial charge in [0.1, 0.15) is 11.4 Å². The lowest BCUT2D eigenvalue weighted by Gasteiger charge is -2.19. The van der Waals surface area contributed by atoms with E-state index in [0.717, 1.165) is 0 Å². The van der Waals surface area contributed by atoms with Gasteiger partial charge in [0.2, 0.25) is 5.91 Å². The molecule has 10 heteroatoms. The van der Waals surface area contributed by atoms with E-state index < -0.39 is 4.92 Å². The highest BCUT2D eigenvalue weighted by molar-refractivity contribution is 6.33. The van der Waals surface area contributed by atoms with Gasteiger partial charge in [0.25, 0.3) is 5.69 Å². The number of carbonyl (C=O) groups is 1. The molecule has 0 radical (unpaired) electrons. The number of anilines is 2. The van der Waals surface area contributed by atoms with Gasteiger partial charge in [-0.25, -0.2) is 0 Å². The van der Waals surface area contributed by atoms with Crippen molar-refractivity contribution in [3.8, 4) is 5.75 Å². The van der Waals surface area contributed by atoms with Crippen LogP contribution in [0.4, 0.5) is 28.4 Å².